The average Bonchev–Trinajstić information content (AvgIpc) is 2.95. The average molecular weight is 272 g/mol. The van der Waals surface area contributed by atoms with Crippen molar-refractivity contribution < 1.29 is 4.79 Å². The van der Waals surface area contributed by atoms with Gasteiger partial charge in [-0.1, -0.05) is 37.3 Å². The zero-order valence-electron chi connectivity index (χ0n) is 11.8. The Morgan fingerprint density at radius 1 is 1.30 bits per heavy atom. The fourth-order valence-electron chi connectivity index (χ4n) is 2.01. The summed E-state index contributed by atoms with van der Waals surface area (Å²) in [5.74, 6) is 0.776. The molecule has 0 saturated heterocycles. The van der Waals surface area contributed by atoms with E-state index in [4.69, 9.17) is 0 Å². The van der Waals surface area contributed by atoms with Crippen molar-refractivity contribution >= 4 is 6.03 Å². The first-order valence-corrected chi connectivity index (χ1v) is 6.89. The molecule has 0 spiro atoms. The number of H-pyrrole nitrogens is 1. The van der Waals surface area contributed by atoms with Crippen molar-refractivity contribution in [2.45, 2.75) is 26.3 Å². The van der Waals surface area contributed by atoms with E-state index in [0.717, 1.165) is 23.5 Å². The number of amides is 2. The summed E-state index contributed by atoms with van der Waals surface area (Å²) in [5.41, 5.74) is 2.04. The maximum Gasteiger partial charge on any atom is 0.315 e. The number of rotatable bonds is 5. The highest BCUT2D eigenvalue weighted by Gasteiger charge is 2.15. The number of benzene rings is 1. The van der Waals surface area contributed by atoms with Crippen molar-refractivity contribution in [3.8, 4) is 11.3 Å². The summed E-state index contributed by atoms with van der Waals surface area (Å²) < 4.78 is 0. The Bertz CT molecular complexity index is 550. The molecule has 0 saturated carbocycles. The zero-order chi connectivity index (χ0) is 14.4. The molecule has 1 aromatic carbocycles. The number of aromatic nitrogens is 2. The maximum atomic E-state index is 11.6. The number of hydrogen-bond donors (Lipinski definition) is 3. The summed E-state index contributed by atoms with van der Waals surface area (Å²) in [4.78, 5) is 19.3. The van der Waals surface area contributed by atoms with Crippen molar-refractivity contribution in [3.05, 3.63) is 42.4 Å². The Kier molecular flexibility index (Phi) is 4.76. The molecule has 5 nitrogen and oxygen atoms in total. The number of carbonyl (C=O) groups excluding carboxylic acids is 1. The van der Waals surface area contributed by atoms with Crippen molar-refractivity contribution in [2.24, 2.45) is 0 Å². The fourth-order valence-corrected chi connectivity index (χ4v) is 2.01. The SMILES string of the molecule is CCNC(=O)NC(CC)c1ncc(-c2ccccc2)[nH]1. The molecule has 0 fully saturated rings. The maximum absolute atomic E-state index is 11.6. The quantitative estimate of drug-likeness (QED) is 0.783. The standard InChI is InChI=1S/C15H20N4O/c1-3-12(19-15(20)16-4-2)14-17-10-13(18-14)11-8-6-5-7-9-11/h5-10,12H,3-4H2,1-2H3,(H,17,18)(H2,16,19,20). The minimum atomic E-state index is -0.169. The van der Waals surface area contributed by atoms with Gasteiger partial charge in [0.15, 0.2) is 0 Å². The molecular weight excluding hydrogens is 252 g/mol. The molecule has 2 aromatic rings. The van der Waals surface area contributed by atoms with Gasteiger partial charge >= 0.3 is 6.03 Å². The Morgan fingerprint density at radius 3 is 2.70 bits per heavy atom. The van der Waals surface area contributed by atoms with Gasteiger partial charge in [-0.15, -0.1) is 0 Å². The van der Waals surface area contributed by atoms with E-state index in [2.05, 4.69) is 20.6 Å². The van der Waals surface area contributed by atoms with E-state index in [-0.39, 0.29) is 12.1 Å². The van der Waals surface area contributed by atoms with Gasteiger partial charge < -0.3 is 15.6 Å². The monoisotopic (exact) mass is 272 g/mol. The van der Waals surface area contributed by atoms with Crippen LogP contribution in [0.4, 0.5) is 4.79 Å². The fraction of sp³-hybridized carbons (Fsp3) is 0.333. The van der Waals surface area contributed by atoms with Gasteiger partial charge in [0, 0.05) is 6.54 Å². The molecule has 0 aliphatic rings. The van der Waals surface area contributed by atoms with Crippen LogP contribution in [0.1, 0.15) is 32.1 Å². The molecule has 1 atom stereocenters. The molecule has 0 aliphatic heterocycles. The zero-order valence-corrected chi connectivity index (χ0v) is 11.8. The number of urea groups is 1. The van der Waals surface area contributed by atoms with Crippen LogP contribution in [0.25, 0.3) is 11.3 Å². The second-order valence-electron chi connectivity index (χ2n) is 4.51. The molecule has 2 rings (SSSR count). The molecule has 0 bridgehead atoms. The van der Waals surface area contributed by atoms with Crippen LogP contribution in [-0.2, 0) is 0 Å². The topological polar surface area (TPSA) is 69.8 Å². The van der Waals surface area contributed by atoms with Crippen LogP contribution < -0.4 is 10.6 Å². The highest BCUT2D eigenvalue weighted by Crippen LogP contribution is 2.20. The van der Waals surface area contributed by atoms with Crippen LogP contribution in [0.2, 0.25) is 0 Å². The first-order valence-electron chi connectivity index (χ1n) is 6.89. The molecule has 1 heterocycles. The van der Waals surface area contributed by atoms with Gasteiger partial charge in [-0.05, 0) is 18.9 Å². The Labute approximate surface area is 118 Å². The van der Waals surface area contributed by atoms with Crippen LogP contribution in [0.15, 0.2) is 36.5 Å². The molecule has 2 amide bonds. The van der Waals surface area contributed by atoms with Gasteiger partial charge in [0.05, 0.1) is 17.9 Å². The second-order valence-corrected chi connectivity index (χ2v) is 4.51. The van der Waals surface area contributed by atoms with Crippen LogP contribution in [0.5, 0.6) is 0 Å². The van der Waals surface area contributed by atoms with Crippen LogP contribution in [0.3, 0.4) is 0 Å². The molecule has 0 aliphatic carbocycles. The van der Waals surface area contributed by atoms with Crippen LogP contribution in [0, 0.1) is 0 Å². The summed E-state index contributed by atoms with van der Waals surface area (Å²) >= 11 is 0. The van der Waals surface area contributed by atoms with E-state index in [1.807, 2.05) is 44.2 Å². The first-order chi connectivity index (χ1) is 9.74. The Balaban J connectivity index is 2.12. The molecule has 1 unspecified atom stereocenters. The highest BCUT2D eigenvalue weighted by molar-refractivity contribution is 5.74. The molecular formula is C15H20N4O. The number of carbonyl (C=O) groups is 1. The van der Waals surface area contributed by atoms with E-state index in [0.29, 0.717) is 6.54 Å². The van der Waals surface area contributed by atoms with Crippen LogP contribution in [-0.4, -0.2) is 22.5 Å². The third-order valence-electron chi connectivity index (χ3n) is 3.06. The number of nitrogens with one attached hydrogen (secondary N) is 3. The van der Waals surface area contributed by atoms with E-state index in [9.17, 15) is 4.79 Å². The minimum absolute atomic E-state index is 0.112. The van der Waals surface area contributed by atoms with Gasteiger partial charge in [0.1, 0.15) is 5.82 Å². The van der Waals surface area contributed by atoms with Gasteiger partial charge in [-0.25, -0.2) is 9.78 Å². The smallest absolute Gasteiger partial charge is 0.315 e. The third kappa shape index (κ3) is 3.38. The second kappa shape index (κ2) is 6.75. The summed E-state index contributed by atoms with van der Waals surface area (Å²) in [7, 11) is 0. The largest absolute Gasteiger partial charge is 0.340 e. The number of nitrogens with zero attached hydrogens (tertiary/aromatic N) is 1. The summed E-state index contributed by atoms with van der Waals surface area (Å²) in [6, 6.07) is 9.72. The Hall–Kier alpha value is -2.30. The molecule has 3 N–H and O–H groups in total. The first kappa shape index (κ1) is 14.1. The van der Waals surface area contributed by atoms with Crippen molar-refractivity contribution in [1.82, 2.24) is 20.6 Å². The van der Waals surface area contributed by atoms with Gasteiger partial charge in [-0.3, -0.25) is 0 Å². The van der Waals surface area contributed by atoms with Crippen molar-refractivity contribution in [3.63, 3.8) is 0 Å². The lowest BCUT2D eigenvalue weighted by atomic mass is 10.2. The molecule has 1 aromatic heterocycles. The lowest BCUT2D eigenvalue weighted by Crippen LogP contribution is -2.37. The van der Waals surface area contributed by atoms with Crippen LogP contribution >= 0.6 is 0 Å². The van der Waals surface area contributed by atoms with E-state index in [1.165, 1.54) is 0 Å². The van der Waals surface area contributed by atoms with Crippen molar-refractivity contribution in [1.29, 1.82) is 0 Å². The lowest BCUT2D eigenvalue weighted by molar-refractivity contribution is 0.236. The number of aromatic amines is 1. The molecule has 20 heavy (non-hydrogen) atoms. The summed E-state index contributed by atoms with van der Waals surface area (Å²) in [5, 5.41) is 5.63. The predicted octanol–water partition coefficient (Wildman–Crippen LogP) is 2.85. The minimum Gasteiger partial charge on any atom is -0.340 e. The van der Waals surface area contributed by atoms with E-state index < -0.39 is 0 Å². The molecule has 5 heteroatoms. The number of hydrogen-bond acceptors (Lipinski definition) is 2. The van der Waals surface area contributed by atoms with E-state index >= 15 is 0 Å². The van der Waals surface area contributed by atoms with Crippen molar-refractivity contribution in [2.75, 3.05) is 6.54 Å². The lowest BCUT2D eigenvalue weighted by Gasteiger charge is -2.14. The Morgan fingerprint density at radius 2 is 2.05 bits per heavy atom. The van der Waals surface area contributed by atoms with E-state index in [1.54, 1.807) is 6.20 Å². The summed E-state index contributed by atoms with van der Waals surface area (Å²) in [6.07, 6.45) is 2.58. The normalized spacial score (nSPS) is 11.9. The third-order valence-corrected chi connectivity index (χ3v) is 3.06. The van der Waals surface area contributed by atoms with Gasteiger partial charge in [0.25, 0.3) is 0 Å². The van der Waals surface area contributed by atoms with Gasteiger partial charge in [0.2, 0.25) is 0 Å². The highest BCUT2D eigenvalue weighted by atomic mass is 16.2. The van der Waals surface area contributed by atoms with Gasteiger partial charge in [-0.2, -0.15) is 0 Å². The predicted molar refractivity (Wildman–Crippen MR) is 79.3 cm³/mol. The summed E-state index contributed by atoms with van der Waals surface area (Å²) in [6.45, 7) is 4.51. The molecule has 106 valence electrons. The molecule has 0 radical (unpaired) electrons. The number of imidazole rings is 1.